The lowest BCUT2D eigenvalue weighted by Crippen LogP contribution is -2.05. The molecule has 0 spiro atoms. The molecule has 0 saturated heterocycles. The van der Waals surface area contributed by atoms with Gasteiger partial charge >= 0.3 is 0 Å². The maximum absolute atomic E-state index is 4.81. The van der Waals surface area contributed by atoms with Crippen LogP contribution < -0.4 is 4.89 Å². The van der Waals surface area contributed by atoms with Gasteiger partial charge in [0.1, 0.15) is 0 Å². The van der Waals surface area contributed by atoms with Crippen molar-refractivity contribution in [1.29, 1.82) is 0 Å². The van der Waals surface area contributed by atoms with E-state index in [0.717, 1.165) is 11.3 Å². The summed E-state index contributed by atoms with van der Waals surface area (Å²) in [5, 5.41) is 0. The first kappa shape index (κ1) is 5.74. The molecule has 1 aliphatic heterocycles. The predicted molar refractivity (Wildman–Crippen MR) is 35.1 cm³/mol. The Morgan fingerprint density at radius 1 is 1.30 bits per heavy atom. The van der Waals surface area contributed by atoms with Crippen LogP contribution in [0.15, 0.2) is 24.3 Å². The van der Waals surface area contributed by atoms with E-state index in [-0.39, 0.29) is 0 Å². The summed E-state index contributed by atoms with van der Waals surface area (Å²) in [4.78, 5) is 9.36. The van der Waals surface area contributed by atoms with Crippen molar-refractivity contribution in [2.24, 2.45) is 0 Å². The van der Waals surface area contributed by atoms with Crippen molar-refractivity contribution in [3.05, 3.63) is 36.4 Å². The Labute approximate surface area is 59.3 Å². The third kappa shape index (κ3) is 0.866. The number of hydrogen-bond acceptors (Lipinski definition) is 2. The molecule has 2 nitrogen and oxygen atoms in total. The van der Waals surface area contributed by atoms with Crippen LogP contribution in [0.2, 0.25) is 0 Å². The second-order valence-electron chi connectivity index (χ2n) is 2.10. The first-order valence-electron chi connectivity index (χ1n) is 3.11. The van der Waals surface area contributed by atoms with E-state index in [1.165, 1.54) is 0 Å². The summed E-state index contributed by atoms with van der Waals surface area (Å²) in [5.74, 6) is 0.793. The van der Waals surface area contributed by atoms with Crippen molar-refractivity contribution in [1.82, 2.24) is 0 Å². The third-order valence-corrected chi connectivity index (χ3v) is 1.43. The van der Waals surface area contributed by atoms with Crippen LogP contribution in [0.1, 0.15) is 5.56 Å². The maximum atomic E-state index is 4.81. The minimum absolute atomic E-state index is 0.705. The number of benzene rings is 1. The zero-order chi connectivity index (χ0) is 6.81. The lowest BCUT2D eigenvalue weighted by molar-refractivity contribution is -0.183. The standard InChI is InChI=1S/C8H6O2/c1-2-4-8-7(3-1)5-6-9-10-8/h1-4H,5H2. The molecule has 0 unspecified atom stereocenters. The molecule has 0 saturated carbocycles. The highest BCUT2D eigenvalue weighted by Gasteiger charge is 2.09. The Morgan fingerprint density at radius 2 is 2.20 bits per heavy atom. The topological polar surface area (TPSA) is 18.5 Å². The normalized spacial score (nSPS) is 15.6. The first-order valence-corrected chi connectivity index (χ1v) is 3.11. The van der Waals surface area contributed by atoms with Gasteiger partial charge in [0.25, 0.3) is 0 Å². The Balaban J connectivity index is 2.41. The summed E-state index contributed by atoms with van der Waals surface area (Å²) in [6.45, 7) is 2.62. The van der Waals surface area contributed by atoms with Gasteiger partial charge in [-0.15, -0.1) is 0 Å². The molecular formula is C8H6O2. The van der Waals surface area contributed by atoms with Crippen LogP contribution in [-0.2, 0) is 11.3 Å². The molecule has 1 aromatic carbocycles. The molecule has 0 N–H and O–H groups in total. The minimum Gasteiger partial charge on any atom is -0.336 e. The molecule has 2 rings (SSSR count). The lowest BCUT2D eigenvalue weighted by Gasteiger charge is -2.12. The Bertz CT molecular complexity index is 207. The fourth-order valence-corrected chi connectivity index (χ4v) is 0.913. The van der Waals surface area contributed by atoms with Crippen LogP contribution in [0.5, 0.6) is 5.75 Å². The van der Waals surface area contributed by atoms with Crippen LogP contribution in [0.25, 0.3) is 0 Å². The highest BCUT2D eigenvalue weighted by Crippen LogP contribution is 2.23. The van der Waals surface area contributed by atoms with Crippen LogP contribution in [-0.4, -0.2) is 0 Å². The molecule has 10 heavy (non-hydrogen) atoms. The van der Waals surface area contributed by atoms with Crippen molar-refractivity contribution < 1.29 is 9.78 Å². The zero-order valence-electron chi connectivity index (χ0n) is 5.33. The Morgan fingerprint density at radius 3 is 3.10 bits per heavy atom. The highest BCUT2D eigenvalue weighted by molar-refractivity contribution is 5.34. The minimum atomic E-state index is 0.705. The van der Waals surface area contributed by atoms with Crippen molar-refractivity contribution >= 4 is 0 Å². The monoisotopic (exact) mass is 134 g/mol. The molecule has 1 aromatic rings. The fourth-order valence-electron chi connectivity index (χ4n) is 0.913. The van der Waals surface area contributed by atoms with E-state index >= 15 is 0 Å². The van der Waals surface area contributed by atoms with Crippen molar-refractivity contribution in [3.8, 4) is 5.75 Å². The van der Waals surface area contributed by atoms with Gasteiger partial charge < -0.3 is 4.89 Å². The predicted octanol–water partition coefficient (Wildman–Crippen LogP) is 1.59. The summed E-state index contributed by atoms with van der Waals surface area (Å²) in [7, 11) is 0. The molecule has 0 atom stereocenters. The second kappa shape index (κ2) is 2.31. The molecule has 50 valence electrons. The molecule has 1 aliphatic rings. The van der Waals surface area contributed by atoms with Gasteiger partial charge in [-0.1, -0.05) is 18.2 Å². The summed E-state index contributed by atoms with van der Waals surface area (Å²) >= 11 is 0. The molecular weight excluding hydrogens is 128 g/mol. The first-order chi connectivity index (χ1) is 4.97. The molecule has 2 heteroatoms. The van der Waals surface area contributed by atoms with Crippen LogP contribution >= 0.6 is 0 Å². The molecule has 0 fully saturated rings. The van der Waals surface area contributed by atoms with Gasteiger partial charge in [-0.25, -0.2) is 0 Å². The number of fused-ring (bicyclic) bond motifs is 1. The zero-order valence-corrected chi connectivity index (χ0v) is 5.33. The van der Waals surface area contributed by atoms with E-state index in [2.05, 4.69) is 11.5 Å². The lowest BCUT2D eigenvalue weighted by atomic mass is 10.1. The van der Waals surface area contributed by atoms with E-state index < -0.39 is 0 Å². The third-order valence-electron chi connectivity index (χ3n) is 1.43. The van der Waals surface area contributed by atoms with Gasteiger partial charge in [0.05, 0.1) is 0 Å². The summed E-state index contributed by atoms with van der Waals surface area (Å²) in [6.07, 6.45) is 0.705. The summed E-state index contributed by atoms with van der Waals surface area (Å²) < 4.78 is 0. The maximum Gasteiger partial charge on any atom is 0.192 e. The highest BCUT2D eigenvalue weighted by atomic mass is 17.2. The van der Waals surface area contributed by atoms with Crippen LogP contribution in [0, 0.1) is 6.61 Å². The van der Waals surface area contributed by atoms with Gasteiger partial charge in [-0.3, -0.25) is 0 Å². The Kier molecular flexibility index (Phi) is 1.32. The Hall–Kier alpha value is -1.02. The number of para-hydroxylation sites is 1. The molecule has 0 aliphatic carbocycles. The van der Waals surface area contributed by atoms with E-state index in [1.807, 2.05) is 24.3 Å². The fraction of sp³-hybridized carbons (Fsp3) is 0.125. The molecule has 1 heterocycles. The molecule has 2 radical (unpaired) electrons. The second-order valence-corrected chi connectivity index (χ2v) is 2.10. The molecule has 0 bridgehead atoms. The van der Waals surface area contributed by atoms with E-state index in [9.17, 15) is 0 Å². The quantitative estimate of drug-likeness (QED) is 0.501. The van der Waals surface area contributed by atoms with Gasteiger partial charge in [-0.2, -0.15) is 4.89 Å². The van der Waals surface area contributed by atoms with Crippen LogP contribution in [0.4, 0.5) is 0 Å². The number of rotatable bonds is 0. The van der Waals surface area contributed by atoms with Crippen LogP contribution in [0.3, 0.4) is 0 Å². The summed E-state index contributed by atoms with van der Waals surface area (Å²) in [5.41, 5.74) is 1.12. The average Bonchev–Trinajstić information content (AvgIpc) is 2.05. The van der Waals surface area contributed by atoms with E-state index in [0.29, 0.717) is 6.42 Å². The molecule has 0 aromatic heterocycles. The van der Waals surface area contributed by atoms with Crippen molar-refractivity contribution in [2.45, 2.75) is 6.42 Å². The van der Waals surface area contributed by atoms with Gasteiger partial charge in [0.15, 0.2) is 12.4 Å². The molecule has 0 amide bonds. The van der Waals surface area contributed by atoms with E-state index in [1.54, 1.807) is 0 Å². The summed E-state index contributed by atoms with van der Waals surface area (Å²) in [6, 6.07) is 7.74. The van der Waals surface area contributed by atoms with Gasteiger partial charge in [-0.05, 0) is 6.07 Å². The van der Waals surface area contributed by atoms with Gasteiger partial charge in [0.2, 0.25) is 0 Å². The van der Waals surface area contributed by atoms with Gasteiger partial charge in [0, 0.05) is 12.0 Å². The largest absolute Gasteiger partial charge is 0.336 e. The number of hydrogen-bond donors (Lipinski definition) is 0. The smallest absolute Gasteiger partial charge is 0.192 e. The van der Waals surface area contributed by atoms with Crippen molar-refractivity contribution in [2.75, 3.05) is 0 Å². The average molecular weight is 134 g/mol. The van der Waals surface area contributed by atoms with E-state index in [4.69, 9.17) is 4.89 Å². The van der Waals surface area contributed by atoms with Crippen molar-refractivity contribution in [3.63, 3.8) is 0 Å². The SMILES string of the molecule is [C]1Cc2ccccc2OO1.